The third kappa shape index (κ3) is 4.90. The van der Waals surface area contributed by atoms with Crippen molar-refractivity contribution in [1.29, 1.82) is 0 Å². The van der Waals surface area contributed by atoms with Crippen LogP contribution in [-0.2, 0) is 8.85 Å². The highest BCUT2D eigenvalue weighted by molar-refractivity contribution is 6.74. The molecule has 22 heavy (non-hydrogen) atoms. The zero-order chi connectivity index (χ0) is 17.0. The maximum absolute atomic E-state index is 6.72. The van der Waals surface area contributed by atoms with Crippen molar-refractivity contribution in [3.63, 3.8) is 0 Å². The van der Waals surface area contributed by atoms with Crippen LogP contribution >= 0.6 is 0 Å². The Morgan fingerprint density at radius 3 is 2.05 bits per heavy atom. The molecule has 3 nitrogen and oxygen atoms in total. The summed E-state index contributed by atoms with van der Waals surface area (Å²) in [5, 5.41) is 3.89. The van der Waals surface area contributed by atoms with Crippen LogP contribution in [0.25, 0.3) is 0 Å². The van der Waals surface area contributed by atoms with Crippen molar-refractivity contribution in [3.05, 3.63) is 0 Å². The molecule has 1 fully saturated rings. The lowest BCUT2D eigenvalue weighted by atomic mass is 10.2. The molecular weight excluding hydrogens is 306 g/mol. The zero-order valence-electron chi connectivity index (χ0n) is 16.2. The Labute approximate surface area is 140 Å². The molecule has 1 N–H and O–H groups in total. The number of nitrogens with one attached hydrogen (secondary N) is 1. The summed E-state index contributed by atoms with van der Waals surface area (Å²) in [6.45, 7) is 20.4. The van der Waals surface area contributed by atoms with E-state index >= 15 is 0 Å². The molecule has 0 bridgehead atoms. The van der Waals surface area contributed by atoms with E-state index in [2.05, 4.69) is 60.0 Å². The molecule has 0 aliphatic carbocycles. The van der Waals surface area contributed by atoms with E-state index in [1.807, 2.05) is 0 Å². The van der Waals surface area contributed by atoms with Crippen LogP contribution in [0, 0.1) is 0 Å². The van der Waals surface area contributed by atoms with Crippen LogP contribution in [0.4, 0.5) is 0 Å². The SMILES string of the molecule is CC[Si](CC)(CC)OC1CCNC1CO[Si](C)(C)C(C)(C)C. The van der Waals surface area contributed by atoms with Gasteiger partial charge in [-0.15, -0.1) is 0 Å². The molecule has 0 aromatic carbocycles. The van der Waals surface area contributed by atoms with Crippen molar-refractivity contribution in [2.24, 2.45) is 0 Å². The van der Waals surface area contributed by atoms with Gasteiger partial charge in [0.15, 0.2) is 16.6 Å². The molecule has 1 aliphatic rings. The minimum absolute atomic E-state index is 0.275. The fourth-order valence-corrected chi connectivity index (χ4v) is 6.84. The van der Waals surface area contributed by atoms with Crippen molar-refractivity contribution in [2.75, 3.05) is 13.2 Å². The highest BCUT2D eigenvalue weighted by Crippen LogP contribution is 2.37. The van der Waals surface area contributed by atoms with E-state index < -0.39 is 16.6 Å². The highest BCUT2D eigenvalue weighted by Gasteiger charge is 2.41. The summed E-state index contributed by atoms with van der Waals surface area (Å²) in [5.41, 5.74) is 0. The Kier molecular flexibility index (Phi) is 7.33. The lowest BCUT2D eigenvalue weighted by Crippen LogP contribution is -2.49. The van der Waals surface area contributed by atoms with E-state index in [4.69, 9.17) is 8.85 Å². The quantitative estimate of drug-likeness (QED) is 0.643. The van der Waals surface area contributed by atoms with E-state index in [-0.39, 0.29) is 5.04 Å². The first kappa shape index (κ1) is 20.4. The van der Waals surface area contributed by atoms with Gasteiger partial charge in [0.05, 0.1) is 18.8 Å². The van der Waals surface area contributed by atoms with Gasteiger partial charge in [0.2, 0.25) is 0 Å². The van der Waals surface area contributed by atoms with Gasteiger partial charge < -0.3 is 14.2 Å². The monoisotopic (exact) mass is 345 g/mol. The van der Waals surface area contributed by atoms with Crippen LogP contribution in [0.2, 0.25) is 36.3 Å². The topological polar surface area (TPSA) is 30.5 Å². The van der Waals surface area contributed by atoms with Gasteiger partial charge in [-0.05, 0) is 49.2 Å². The first-order valence-corrected chi connectivity index (χ1v) is 14.6. The van der Waals surface area contributed by atoms with Crippen LogP contribution in [0.1, 0.15) is 48.0 Å². The standard InChI is InChI=1S/C17H39NO2Si2/c1-9-22(10-2,11-3)20-16-12-13-18-15(16)14-19-21(7,8)17(4,5)6/h15-16,18H,9-14H2,1-8H3. The van der Waals surface area contributed by atoms with Gasteiger partial charge in [-0.1, -0.05) is 41.5 Å². The lowest BCUT2D eigenvalue weighted by Gasteiger charge is -2.38. The third-order valence-corrected chi connectivity index (χ3v) is 15.2. The summed E-state index contributed by atoms with van der Waals surface area (Å²) in [6.07, 6.45) is 1.50. The molecule has 1 rings (SSSR count). The van der Waals surface area contributed by atoms with E-state index in [1.54, 1.807) is 0 Å². The normalized spacial score (nSPS) is 24.0. The molecule has 2 atom stereocenters. The Morgan fingerprint density at radius 1 is 1.05 bits per heavy atom. The van der Waals surface area contributed by atoms with Gasteiger partial charge in [-0.25, -0.2) is 0 Å². The van der Waals surface area contributed by atoms with Crippen molar-refractivity contribution in [2.45, 2.75) is 96.4 Å². The second-order valence-electron chi connectivity index (χ2n) is 8.32. The molecule has 0 radical (unpaired) electrons. The molecule has 0 aromatic rings. The average Bonchev–Trinajstić information content (AvgIpc) is 2.88. The molecule has 132 valence electrons. The maximum atomic E-state index is 6.72. The van der Waals surface area contributed by atoms with Crippen LogP contribution in [0.3, 0.4) is 0 Å². The van der Waals surface area contributed by atoms with Gasteiger partial charge in [0.1, 0.15) is 0 Å². The summed E-state index contributed by atoms with van der Waals surface area (Å²) >= 11 is 0. The van der Waals surface area contributed by atoms with Crippen molar-refractivity contribution in [3.8, 4) is 0 Å². The van der Waals surface area contributed by atoms with Crippen LogP contribution in [0.15, 0.2) is 0 Å². The molecule has 0 saturated carbocycles. The molecule has 0 aromatic heterocycles. The Hall–Kier alpha value is 0.314. The Morgan fingerprint density at radius 2 is 1.59 bits per heavy atom. The predicted octanol–water partition coefficient (Wildman–Crippen LogP) is 4.76. The average molecular weight is 346 g/mol. The van der Waals surface area contributed by atoms with Gasteiger partial charge in [0, 0.05) is 0 Å². The molecule has 1 heterocycles. The van der Waals surface area contributed by atoms with E-state index in [0.717, 1.165) is 19.6 Å². The first-order chi connectivity index (χ1) is 10.1. The fraction of sp³-hybridized carbons (Fsp3) is 1.00. The number of rotatable bonds is 8. The predicted molar refractivity (Wildman–Crippen MR) is 102 cm³/mol. The smallest absolute Gasteiger partial charge is 0.192 e. The van der Waals surface area contributed by atoms with Crippen LogP contribution in [-0.4, -0.2) is 41.9 Å². The minimum Gasteiger partial charge on any atom is -0.415 e. The maximum Gasteiger partial charge on any atom is 0.192 e. The number of hydrogen-bond acceptors (Lipinski definition) is 3. The largest absolute Gasteiger partial charge is 0.415 e. The van der Waals surface area contributed by atoms with Gasteiger partial charge >= 0.3 is 0 Å². The van der Waals surface area contributed by atoms with Crippen LogP contribution < -0.4 is 5.32 Å². The molecule has 1 aliphatic heterocycles. The molecule has 0 spiro atoms. The van der Waals surface area contributed by atoms with Crippen molar-refractivity contribution < 1.29 is 8.85 Å². The third-order valence-electron chi connectivity index (χ3n) is 6.05. The summed E-state index contributed by atoms with van der Waals surface area (Å²) in [7, 11) is -3.19. The highest BCUT2D eigenvalue weighted by atomic mass is 28.4. The van der Waals surface area contributed by atoms with E-state index in [0.29, 0.717) is 12.1 Å². The first-order valence-electron chi connectivity index (χ1n) is 9.16. The summed E-state index contributed by atoms with van der Waals surface area (Å²) in [4.78, 5) is 0. The molecule has 0 amide bonds. The van der Waals surface area contributed by atoms with Gasteiger partial charge in [-0.2, -0.15) is 0 Å². The fourth-order valence-electron chi connectivity index (χ4n) is 2.89. The second kappa shape index (κ2) is 7.92. The van der Waals surface area contributed by atoms with Crippen molar-refractivity contribution in [1.82, 2.24) is 5.32 Å². The summed E-state index contributed by atoms with van der Waals surface area (Å²) in [6, 6.07) is 4.07. The van der Waals surface area contributed by atoms with Gasteiger partial charge in [-0.3, -0.25) is 0 Å². The van der Waals surface area contributed by atoms with E-state index in [9.17, 15) is 0 Å². The van der Waals surface area contributed by atoms with Crippen molar-refractivity contribution >= 4 is 16.6 Å². The van der Waals surface area contributed by atoms with Crippen LogP contribution in [0.5, 0.6) is 0 Å². The summed E-state index contributed by atoms with van der Waals surface area (Å²) in [5.74, 6) is 0. The van der Waals surface area contributed by atoms with E-state index in [1.165, 1.54) is 18.1 Å². The minimum atomic E-state index is -1.67. The molecule has 1 saturated heterocycles. The molecular formula is C17H39NO2Si2. The lowest BCUT2D eigenvalue weighted by molar-refractivity contribution is 0.133. The molecule has 5 heteroatoms. The number of hydrogen-bond donors (Lipinski definition) is 1. The Bertz CT molecular complexity index is 330. The Balaban J connectivity index is 2.64. The summed E-state index contributed by atoms with van der Waals surface area (Å²) < 4.78 is 13.2. The molecule has 2 unspecified atom stereocenters. The second-order valence-corrected chi connectivity index (χ2v) is 17.9. The zero-order valence-corrected chi connectivity index (χ0v) is 18.2. The van der Waals surface area contributed by atoms with Gasteiger partial charge in [0.25, 0.3) is 0 Å².